The molecule has 1 fully saturated rings. The lowest BCUT2D eigenvalue weighted by molar-refractivity contribution is 0.0937. The van der Waals surface area contributed by atoms with Crippen LogP contribution in [-0.4, -0.2) is 40.6 Å². The molecule has 1 aromatic carbocycles. The number of rotatable bonds is 7. The highest BCUT2D eigenvalue weighted by Crippen LogP contribution is 2.30. The van der Waals surface area contributed by atoms with E-state index < -0.39 is 15.9 Å². The molecule has 0 spiro atoms. The van der Waals surface area contributed by atoms with Crippen LogP contribution in [0.5, 0.6) is 0 Å². The van der Waals surface area contributed by atoms with Crippen molar-refractivity contribution in [1.82, 2.24) is 5.32 Å². The summed E-state index contributed by atoms with van der Waals surface area (Å²) >= 11 is 6.08. The summed E-state index contributed by atoms with van der Waals surface area (Å²) in [6.07, 6.45) is 5.44. The summed E-state index contributed by atoms with van der Waals surface area (Å²) in [5.41, 5.74) is 0.717. The predicted molar refractivity (Wildman–Crippen MR) is 97.5 cm³/mol. The number of nitrogens with one attached hydrogen (secondary N) is 2. The van der Waals surface area contributed by atoms with Gasteiger partial charge in [0.2, 0.25) is 10.0 Å². The summed E-state index contributed by atoms with van der Waals surface area (Å²) in [6, 6.07) is 2.92. The van der Waals surface area contributed by atoms with Crippen molar-refractivity contribution in [1.29, 1.82) is 0 Å². The fourth-order valence-electron chi connectivity index (χ4n) is 2.91. The molecule has 0 radical (unpaired) electrons. The number of halogens is 1. The van der Waals surface area contributed by atoms with Crippen molar-refractivity contribution in [3.63, 3.8) is 0 Å². The molecule has 2 rings (SSSR count). The Hall–Kier alpha value is -1.35. The summed E-state index contributed by atoms with van der Waals surface area (Å²) in [5, 5.41) is 11.2. The second-order valence-electron chi connectivity index (χ2n) is 6.10. The van der Waals surface area contributed by atoms with Crippen LogP contribution < -0.4 is 15.8 Å². The lowest BCUT2D eigenvalue weighted by atomic mass is 9.95. The molecule has 1 aliphatic rings. The van der Waals surface area contributed by atoms with Crippen molar-refractivity contribution in [3.05, 3.63) is 22.7 Å². The van der Waals surface area contributed by atoms with E-state index in [1.54, 1.807) is 0 Å². The highest BCUT2D eigenvalue weighted by Gasteiger charge is 2.22. The minimum atomic E-state index is -4.03. The summed E-state index contributed by atoms with van der Waals surface area (Å²) < 4.78 is 28.3. The average Bonchev–Trinajstić information content (AvgIpc) is 2.55. The summed E-state index contributed by atoms with van der Waals surface area (Å²) in [6.45, 7) is 0.665. The normalized spacial score (nSPS) is 15.8. The Morgan fingerprint density at radius 2 is 2.00 bits per heavy atom. The number of benzene rings is 1. The maximum atomic E-state index is 12.5. The van der Waals surface area contributed by atoms with Crippen LogP contribution in [-0.2, 0) is 14.8 Å². The first kappa shape index (κ1) is 20.0. The Balaban J connectivity index is 2.34. The van der Waals surface area contributed by atoms with Gasteiger partial charge in [0.1, 0.15) is 4.90 Å². The van der Waals surface area contributed by atoms with Gasteiger partial charge in [-0.3, -0.25) is 4.79 Å². The number of methoxy groups -OCH3 is 1. The molecule has 4 N–H and O–H groups in total. The number of hydrogen-bond donors (Lipinski definition) is 3. The highest BCUT2D eigenvalue weighted by molar-refractivity contribution is 7.89. The van der Waals surface area contributed by atoms with Gasteiger partial charge in [-0.25, -0.2) is 13.6 Å². The summed E-state index contributed by atoms with van der Waals surface area (Å²) in [7, 11) is -2.50. The third-order valence-corrected chi connectivity index (χ3v) is 5.56. The number of sulfonamides is 1. The average molecular weight is 390 g/mol. The van der Waals surface area contributed by atoms with Gasteiger partial charge in [-0.2, -0.15) is 0 Å². The van der Waals surface area contributed by atoms with Gasteiger partial charge in [0.05, 0.1) is 17.2 Å². The van der Waals surface area contributed by atoms with Gasteiger partial charge in [-0.05, 0) is 25.0 Å². The molecule has 7 nitrogen and oxygen atoms in total. The van der Waals surface area contributed by atoms with Gasteiger partial charge < -0.3 is 15.4 Å². The van der Waals surface area contributed by atoms with Crippen LogP contribution in [0, 0.1) is 0 Å². The molecule has 0 aliphatic heterocycles. The van der Waals surface area contributed by atoms with E-state index in [9.17, 15) is 13.2 Å². The number of carbonyl (C=O) groups is 1. The van der Waals surface area contributed by atoms with Crippen molar-refractivity contribution < 1.29 is 17.9 Å². The molecule has 0 bridgehead atoms. The van der Waals surface area contributed by atoms with Crippen molar-refractivity contribution in [2.75, 3.05) is 25.6 Å². The first-order chi connectivity index (χ1) is 11.8. The molecule has 0 saturated heterocycles. The summed E-state index contributed by atoms with van der Waals surface area (Å²) in [5.74, 6) is -0.406. The van der Waals surface area contributed by atoms with Crippen molar-refractivity contribution in [3.8, 4) is 0 Å². The lowest BCUT2D eigenvalue weighted by Crippen LogP contribution is -2.30. The maximum Gasteiger partial charge on any atom is 0.253 e. The highest BCUT2D eigenvalue weighted by atomic mass is 35.5. The van der Waals surface area contributed by atoms with Crippen molar-refractivity contribution in [2.24, 2.45) is 5.14 Å². The summed E-state index contributed by atoms with van der Waals surface area (Å²) in [4.78, 5) is 12.2. The van der Waals surface area contributed by atoms with Crippen molar-refractivity contribution >= 4 is 33.2 Å². The largest absolute Gasteiger partial charge is 0.383 e. The number of anilines is 1. The molecule has 0 unspecified atom stereocenters. The molecule has 1 saturated carbocycles. The molecule has 9 heteroatoms. The van der Waals surface area contributed by atoms with E-state index in [1.165, 1.54) is 25.7 Å². The number of nitrogens with two attached hydrogens (primary N) is 1. The van der Waals surface area contributed by atoms with Crippen LogP contribution >= 0.6 is 11.6 Å². The Bertz CT molecular complexity index is 718. The fraction of sp³-hybridized carbons (Fsp3) is 0.562. The van der Waals surface area contributed by atoms with Gasteiger partial charge in [0.25, 0.3) is 5.91 Å². The van der Waals surface area contributed by atoms with E-state index in [0.29, 0.717) is 18.8 Å². The minimum absolute atomic E-state index is 0.00532. The minimum Gasteiger partial charge on any atom is -0.383 e. The Labute approximate surface area is 153 Å². The molecule has 25 heavy (non-hydrogen) atoms. The van der Waals surface area contributed by atoms with Gasteiger partial charge in [0.15, 0.2) is 0 Å². The number of hydrogen-bond acceptors (Lipinski definition) is 5. The quantitative estimate of drug-likeness (QED) is 0.618. The van der Waals surface area contributed by atoms with E-state index in [-0.39, 0.29) is 21.5 Å². The molecule has 1 aliphatic carbocycles. The third-order valence-electron chi connectivity index (χ3n) is 4.18. The van der Waals surface area contributed by atoms with E-state index in [2.05, 4.69) is 10.6 Å². The third kappa shape index (κ3) is 5.57. The van der Waals surface area contributed by atoms with Crippen LogP contribution in [0.3, 0.4) is 0 Å². The second kappa shape index (κ2) is 8.84. The molecule has 1 amide bonds. The number of carbonyl (C=O) groups excluding carboxylic acids is 1. The molecular formula is C16H24ClN3O4S. The van der Waals surface area contributed by atoms with Gasteiger partial charge in [-0.15, -0.1) is 0 Å². The standard InChI is InChI=1S/C16H24ClN3O4S/c1-24-8-7-19-16(21)12-9-15(25(18,22)23)13(17)10-14(12)20-11-5-3-2-4-6-11/h9-11,20H,2-8H2,1H3,(H,19,21)(H2,18,22,23). The van der Waals surface area contributed by atoms with Crippen molar-refractivity contribution in [2.45, 2.75) is 43.0 Å². The molecule has 1 aromatic rings. The SMILES string of the molecule is COCCNC(=O)c1cc(S(N)(=O)=O)c(Cl)cc1NC1CCCCC1. The van der Waals surface area contributed by atoms with Crippen LogP contribution in [0.4, 0.5) is 5.69 Å². The predicted octanol–water partition coefficient (Wildman–Crippen LogP) is 2.11. The van der Waals surface area contributed by atoms with Gasteiger partial charge in [0, 0.05) is 25.4 Å². The zero-order chi connectivity index (χ0) is 18.4. The Kier molecular flexibility index (Phi) is 7.06. The first-order valence-corrected chi connectivity index (χ1v) is 10.2. The second-order valence-corrected chi connectivity index (χ2v) is 8.04. The van der Waals surface area contributed by atoms with E-state index in [4.69, 9.17) is 21.5 Å². The van der Waals surface area contributed by atoms with Crippen LogP contribution in [0.25, 0.3) is 0 Å². The molecule has 0 atom stereocenters. The number of amides is 1. The van der Waals surface area contributed by atoms with Gasteiger partial charge in [-0.1, -0.05) is 30.9 Å². The molecular weight excluding hydrogens is 366 g/mol. The molecule has 0 heterocycles. The fourth-order valence-corrected chi connectivity index (χ4v) is 4.01. The molecule has 0 aromatic heterocycles. The van der Waals surface area contributed by atoms with E-state index >= 15 is 0 Å². The van der Waals surface area contributed by atoms with Crippen LogP contribution in [0.1, 0.15) is 42.5 Å². The zero-order valence-electron chi connectivity index (χ0n) is 14.2. The van der Waals surface area contributed by atoms with Crippen LogP contribution in [0.15, 0.2) is 17.0 Å². The Morgan fingerprint density at radius 1 is 1.32 bits per heavy atom. The topological polar surface area (TPSA) is 111 Å². The lowest BCUT2D eigenvalue weighted by Gasteiger charge is -2.25. The zero-order valence-corrected chi connectivity index (χ0v) is 15.8. The first-order valence-electron chi connectivity index (χ1n) is 8.23. The van der Waals surface area contributed by atoms with Crippen LogP contribution in [0.2, 0.25) is 5.02 Å². The van der Waals surface area contributed by atoms with E-state index in [1.807, 2.05) is 0 Å². The van der Waals surface area contributed by atoms with Gasteiger partial charge >= 0.3 is 0 Å². The molecule has 140 valence electrons. The monoisotopic (exact) mass is 389 g/mol. The smallest absolute Gasteiger partial charge is 0.253 e. The van der Waals surface area contributed by atoms with E-state index in [0.717, 1.165) is 25.7 Å². The number of primary sulfonamides is 1. The number of ether oxygens (including phenoxy) is 1. The Morgan fingerprint density at radius 3 is 2.60 bits per heavy atom. The maximum absolute atomic E-state index is 12.5.